The molecule has 0 saturated carbocycles. The maximum atomic E-state index is 14.0. The molecule has 0 saturated heterocycles. The summed E-state index contributed by atoms with van der Waals surface area (Å²) in [5.41, 5.74) is 0.957. The van der Waals surface area contributed by atoms with Gasteiger partial charge in [-0.3, -0.25) is 9.59 Å². The monoisotopic (exact) mass is 352 g/mol. The van der Waals surface area contributed by atoms with E-state index in [1.165, 1.54) is 7.05 Å². The van der Waals surface area contributed by atoms with Gasteiger partial charge in [-0.2, -0.15) is 4.39 Å². The van der Waals surface area contributed by atoms with E-state index in [9.17, 15) is 14.0 Å². The van der Waals surface area contributed by atoms with Gasteiger partial charge in [-0.1, -0.05) is 30.3 Å². The highest BCUT2D eigenvalue weighted by molar-refractivity contribution is 5.91. The van der Waals surface area contributed by atoms with Gasteiger partial charge in [0.05, 0.1) is 12.7 Å². The van der Waals surface area contributed by atoms with E-state index in [1.54, 1.807) is 7.11 Å². The molecular formula is C18H25FN2O4. The molecule has 0 radical (unpaired) electrons. The first-order valence-corrected chi connectivity index (χ1v) is 7.96. The molecule has 7 heteroatoms. The molecule has 1 aromatic rings. The Balaban J connectivity index is 2.47. The maximum Gasteiger partial charge on any atom is 0.285 e. The van der Waals surface area contributed by atoms with Crippen molar-refractivity contribution in [1.82, 2.24) is 9.80 Å². The normalized spacial score (nSPS) is 12.6. The minimum Gasteiger partial charge on any atom is -0.382 e. The Morgan fingerprint density at radius 3 is 2.60 bits per heavy atom. The second kappa shape index (κ2) is 11.3. The summed E-state index contributed by atoms with van der Waals surface area (Å²) < 4.78 is 24.5. The van der Waals surface area contributed by atoms with E-state index >= 15 is 0 Å². The van der Waals surface area contributed by atoms with Crippen LogP contribution in [0.4, 0.5) is 4.39 Å². The van der Waals surface area contributed by atoms with Crippen molar-refractivity contribution in [1.29, 1.82) is 0 Å². The molecule has 0 aromatic heterocycles. The Morgan fingerprint density at radius 1 is 1.32 bits per heavy atom. The zero-order chi connectivity index (χ0) is 18.7. The van der Waals surface area contributed by atoms with Crippen LogP contribution in [0, 0.1) is 0 Å². The van der Waals surface area contributed by atoms with Crippen LogP contribution in [0.1, 0.15) is 18.9 Å². The largest absolute Gasteiger partial charge is 0.382 e. The topological polar surface area (TPSA) is 59.1 Å². The van der Waals surface area contributed by atoms with Crippen LogP contribution in [0.15, 0.2) is 42.4 Å². The average Bonchev–Trinajstić information content (AvgIpc) is 2.64. The number of ether oxygens (including phenoxy) is 2. The summed E-state index contributed by atoms with van der Waals surface area (Å²) in [6.45, 7) is 2.36. The molecule has 1 rings (SSSR count). The van der Waals surface area contributed by atoms with Crippen molar-refractivity contribution >= 4 is 12.3 Å². The van der Waals surface area contributed by atoms with Crippen LogP contribution in [0.25, 0.3) is 0 Å². The summed E-state index contributed by atoms with van der Waals surface area (Å²) in [6, 6.07) is 9.45. The highest BCUT2D eigenvalue weighted by Crippen LogP contribution is 2.07. The minimum absolute atomic E-state index is 0.0587. The van der Waals surface area contributed by atoms with E-state index in [2.05, 4.69) is 0 Å². The number of hydrogen-bond acceptors (Lipinski definition) is 4. The summed E-state index contributed by atoms with van der Waals surface area (Å²) in [4.78, 5) is 25.1. The molecule has 0 spiro atoms. The van der Waals surface area contributed by atoms with Crippen LogP contribution in [-0.4, -0.2) is 55.7 Å². The predicted molar refractivity (Wildman–Crippen MR) is 91.9 cm³/mol. The molecule has 6 nitrogen and oxygen atoms in total. The fraction of sp³-hybridized carbons (Fsp3) is 0.444. The molecule has 1 unspecified atom stereocenters. The number of rotatable bonds is 11. The SMILES string of the molecule is COC(C)CCN(C=O)/C=C(/F)C(=O)N(C)COCc1ccccc1. The van der Waals surface area contributed by atoms with Crippen molar-refractivity contribution in [2.75, 3.05) is 27.4 Å². The Hall–Kier alpha value is -2.25. The van der Waals surface area contributed by atoms with Gasteiger partial charge in [-0.05, 0) is 18.9 Å². The summed E-state index contributed by atoms with van der Waals surface area (Å²) >= 11 is 0. The first-order valence-electron chi connectivity index (χ1n) is 7.96. The molecule has 25 heavy (non-hydrogen) atoms. The quantitative estimate of drug-likeness (QED) is 0.348. The third kappa shape index (κ3) is 7.91. The lowest BCUT2D eigenvalue weighted by atomic mass is 10.2. The van der Waals surface area contributed by atoms with E-state index in [0.29, 0.717) is 19.4 Å². The van der Waals surface area contributed by atoms with Crippen molar-refractivity contribution in [3.8, 4) is 0 Å². The molecule has 0 heterocycles. The number of likely N-dealkylation sites (N-methyl/N-ethyl adjacent to an activating group) is 1. The van der Waals surface area contributed by atoms with Gasteiger partial charge >= 0.3 is 0 Å². The summed E-state index contributed by atoms with van der Waals surface area (Å²) in [5.74, 6) is -1.87. The predicted octanol–water partition coefficient (Wildman–Crippen LogP) is 2.31. The van der Waals surface area contributed by atoms with Crippen molar-refractivity contribution in [3.05, 3.63) is 47.9 Å². The second-order valence-corrected chi connectivity index (χ2v) is 5.62. The molecule has 0 fully saturated rings. The fourth-order valence-corrected chi connectivity index (χ4v) is 1.91. The van der Waals surface area contributed by atoms with Gasteiger partial charge in [-0.15, -0.1) is 0 Å². The number of hydrogen-bond donors (Lipinski definition) is 0. The molecule has 1 atom stereocenters. The third-order valence-corrected chi connectivity index (χ3v) is 3.56. The molecule has 0 aliphatic carbocycles. The molecule has 0 aliphatic rings. The van der Waals surface area contributed by atoms with E-state index in [4.69, 9.17) is 9.47 Å². The Kier molecular flexibility index (Phi) is 9.42. The maximum absolute atomic E-state index is 14.0. The smallest absolute Gasteiger partial charge is 0.285 e. The molecule has 1 aromatic carbocycles. The second-order valence-electron chi connectivity index (χ2n) is 5.62. The third-order valence-electron chi connectivity index (χ3n) is 3.56. The Bertz CT molecular complexity index is 565. The molecule has 2 amide bonds. The Morgan fingerprint density at radius 2 is 2.00 bits per heavy atom. The van der Waals surface area contributed by atoms with Crippen LogP contribution in [0.5, 0.6) is 0 Å². The van der Waals surface area contributed by atoms with Crippen molar-refractivity contribution in [3.63, 3.8) is 0 Å². The number of carbonyl (C=O) groups is 2. The molecule has 138 valence electrons. The first kappa shape index (κ1) is 20.8. The number of amides is 2. The van der Waals surface area contributed by atoms with Crippen molar-refractivity contribution in [2.45, 2.75) is 26.1 Å². The summed E-state index contributed by atoms with van der Waals surface area (Å²) in [7, 11) is 2.99. The minimum atomic E-state index is -1.03. The van der Waals surface area contributed by atoms with Crippen molar-refractivity contribution < 1.29 is 23.5 Å². The van der Waals surface area contributed by atoms with Crippen LogP contribution >= 0.6 is 0 Å². The number of nitrogens with zero attached hydrogens (tertiary/aromatic N) is 2. The number of methoxy groups -OCH3 is 1. The van der Waals surface area contributed by atoms with Crippen LogP contribution in [0.2, 0.25) is 0 Å². The van der Waals surface area contributed by atoms with E-state index < -0.39 is 11.7 Å². The van der Waals surface area contributed by atoms with Crippen LogP contribution in [0.3, 0.4) is 0 Å². The van der Waals surface area contributed by atoms with Gasteiger partial charge in [0.25, 0.3) is 5.91 Å². The van der Waals surface area contributed by atoms with Crippen LogP contribution < -0.4 is 0 Å². The molecule has 0 bridgehead atoms. The zero-order valence-electron chi connectivity index (χ0n) is 14.9. The standard InChI is InChI=1S/C18H25FN2O4/c1-15(24-3)9-10-21(13-22)11-17(19)18(23)20(2)14-25-12-16-7-5-4-6-8-16/h4-8,11,13,15H,9-10,12,14H2,1-3H3/b17-11+. The van der Waals surface area contributed by atoms with Gasteiger partial charge in [0.15, 0.2) is 0 Å². The lowest BCUT2D eigenvalue weighted by Gasteiger charge is -2.18. The fourth-order valence-electron chi connectivity index (χ4n) is 1.91. The van der Waals surface area contributed by atoms with E-state index in [0.717, 1.165) is 21.6 Å². The average molecular weight is 352 g/mol. The highest BCUT2D eigenvalue weighted by Gasteiger charge is 2.16. The van der Waals surface area contributed by atoms with Crippen molar-refractivity contribution in [2.24, 2.45) is 0 Å². The van der Waals surface area contributed by atoms with Gasteiger partial charge < -0.3 is 19.3 Å². The number of halogens is 1. The highest BCUT2D eigenvalue weighted by atomic mass is 19.1. The zero-order valence-corrected chi connectivity index (χ0v) is 14.9. The number of benzene rings is 1. The van der Waals surface area contributed by atoms with E-state index in [1.807, 2.05) is 37.3 Å². The lowest BCUT2D eigenvalue weighted by Crippen LogP contribution is -2.30. The van der Waals surface area contributed by atoms with Gasteiger partial charge in [-0.25, -0.2) is 0 Å². The molecular weight excluding hydrogens is 327 g/mol. The van der Waals surface area contributed by atoms with Gasteiger partial charge in [0, 0.05) is 26.9 Å². The summed E-state index contributed by atoms with van der Waals surface area (Å²) in [5, 5.41) is 0. The van der Waals surface area contributed by atoms with Gasteiger partial charge in [0.2, 0.25) is 12.2 Å². The molecule has 0 aliphatic heterocycles. The van der Waals surface area contributed by atoms with Crippen LogP contribution in [-0.2, 0) is 25.7 Å². The van der Waals surface area contributed by atoms with E-state index in [-0.39, 0.29) is 19.4 Å². The Labute approximate surface area is 147 Å². The van der Waals surface area contributed by atoms with Gasteiger partial charge in [0.1, 0.15) is 6.73 Å². The lowest BCUT2D eigenvalue weighted by molar-refractivity contribution is -0.132. The molecule has 0 N–H and O–H groups in total. The number of carbonyl (C=O) groups excluding carboxylic acids is 2. The first-order chi connectivity index (χ1) is 12.0. The summed E-state index contributed by atoms with van der Waals surface area (Å²) in [6.07, 6.45) is 1.83.